The summed E-state index contributed by atoms with van der Waals surface area (Å²) >= 11 is 0. The Morgan fingerprint density at radius 1 is 0.970 bits per heavy atom. The Hall–Kier alpha value is -3.67. The van der Waals surface area contributed by atoms with Gasteiger partial charge in [-0.2, -0.15) is 0 Å². The molecule has 1 rings (SSSR count). The van der Waals surface area contributed by atoms with E-state index in [4.69, 9.17) is 15.9 Å². The van der Waals surface area contributed by atoms with Gasteiger partial charge in [0, 0.05) is 6.42 Å². The van der Waals surface area contributed by atoms with Crippen LogP contribution in [-0.4, -0.2) is 69.7 Å². The van der Waals surface area contributed by atoms with Crippen molar-refractivity contribution >= 4 is 29.7 Å². The molecule has 12 heteroatoms. The smallest absolute Gasteiger partial charge is 0.326 e. The van der Waals surface area contributed by atoms with Gasteiger partial charge in [-0.05, 0) is 36.5 Å². The van der Waals surface area contributed by atoms with E-state index in [9.17, 15) is 29.1 Å². The number of hydrogen-bond donors (Lipinski definition) is 7. The van der Waals surface area contributed by atoms with Gasteiger partial charge in [0.25, 0.3) is 0 Å². The van der Waals surface area contributed by atoms with Crippen LogP contribution in [0.4, 0.5) is 0 Å². The highest BCUT2D eigenvalue weighted by atomic mass is 16.4. The SMILES string of the molecule is CC(C)C(NC(=O)CNC(=O)C(CCC(=O)O)NC(=O)C(N)Cc1ccc(O)cc1)C(=O)O. The third-order valence-electron chi connectivity index (χ3n) is 4.68. The molecule has 0 aromatic heterocycles. The van der Waals surface area contributed by atoms with E-state index >= 15 is 0 Å². The number of carboxylic acids is 2. The maximum atomic E-state index is 12.5. The van der Waals surface area contributed by atoms with Gasteiger partial charge in [0.1, 0.15) is 17.8 Å². The normalized spacial score (nSPS) is 13.5. The highest BCUT2D eigenvalue weighted by Gasteiger charge is 2.26. The molecule has 0 heterocycles. The molecule has 1 aromatic carbocycles. The molecule has 1 aromatic rings. The molecule has 0 saturated heterocycles. The number of aromatic hydroxyl groups is 1. The van der Waals surface area contributed by atoms with Crippen LogP contribution in [0, 0.1) is 5.92 Å². The third kappa shape index (κ3) is 9.99. The second-order valence-electron chi connectivity index (χ2n) is 7.82. The number of amides is 3. The molecule has 33 heavy (non-hydrogen) atoms. The van der Waals surface area contributed by atoms with E-state index in [0.717, 1.165) is 0 Å². The number of hydrogen-bond acceptors (Lipinski definition) is 7. The van der Waals surface area contributed by atoms with Crippen molar-refractivity contribution in [1.29, 1.82) is 0 Å². The fourth-order valence-electron chi connectivity index (χ4n) is 2.82. The molecule has 0 saturated carbocycles. The first-order chi connectivity index (χ1) is 15.4. The van der Waals surface area contributed by atoms with Crippen LogP contribution in [0.25, 0.3) is 0 Å². The lowest BCUT2D eigenvalue weighted by Gasteiger charge is -2.21. The average Bonchev–Trinajstić information content (AvgIpc) is 2.73. The third-order valence-corrected chi connectivity index (χ3v) is 4.68. The van der Waals surface area contributed by atoms with Crippen LogP contribution in [0.2, 0.25) is 0 Å². The van der Waals surface area contributed by atoms with Crippen molar-refractivity contribution in [2.75, 3.05) is 6.54 Å². The van der Waals surface area contributed by atoms with Crippen LogP contribution in [-0.2, 0) is 30.4 Å². The first kappa shape index (κ1) is 27.4. The molecule has 3 amide bonds. The Balaban J connectivity index is 2.72. The van der Waals surface area contributed by atoms with Crippen molar-refractivity contribution in [2.24, 2.45) is 11.7 Å². The minimum atomic E-state index is -1.27. The molecule has 12 nitrogen and oxygen atoms in total. The fourth-order valence-corrected chi connectivity index (χ4v) is 2.82. The highest BCUT2D eigenvalue weighted by molar-refractivity contribution is 5.92. The molecular formula is C21H30N4O8. The summed E-state index contributed by atoms with van der Waals surface area (Å²) in [6.07, 6.45) is -0.566. The predicted octanol–water partition coefficient (Wildman–Crippen LogP) is -1.05. The van der Waals surface area contributed by atoms with Gasteiger partial charge in [0.2, 0.25) is 17.7 Å². The Labute approximate surface area is 190 Å². The lowest BCUT2D eigenvalue weighted by atomic mass is 10.0. The summed E-state index contributed by atoms with van der Waals surface area (Å²) in [5.74, 6) is -5.02. The number of aliphatic carboxylic acids is 2. The van der Waals surface area contributed by atoms with Crippen LogP contribution in [0.3, 0.4) is 0 Å². The number of phenols is 1. The Morgan fingerprint density at radius 2 is 1.58 bits per heavy atom. The van der Waals surface area contributed by atoms with Crippen LogP contribution < -0.4 is 21.7 Å². The monoisotopic (exact) mass is 466 g/mol. The van der Waals surface area contributed by atoms with E-state index in [0.29, 0.717) is 5.56 Å². The molecule has 0 radical (unpaired) electrons. The zero-order chi connectivity index (χ0) is 25.1. The van der Waals surface area contributed by atoms with Gasteiger partial charge in [0.15, 0.2) is 0 Å². The van der Waals surface area contributed by atoms with Crippen molar-refractivity contribution in [2.45, 2.75) is 51.2 Å². The van der Waals surface area contributed by atoms with E-state index in [1.165, 1.54) is 12.1 Å². The number of benzene rings is 1. The zero-order valence-corrected chi connectivity index (χ0v) is 18.4. The summed E-state index contributed by atoms with van der Waals surface area (Å²) in [5.41, 5.74) is 6.55. The van der Waals surface area contributed by atoms with Crippen LogP contribution >= 0.6 is 0 Å². The van der Waals surface area contributed by atoms with Crippen molar-refractivity contribution in [1.82, 2.24) is 16.0 Å². The molecule has 0 spiro atoms. The van der Waals surface area contributed by atoms with Crippen molar-refractivity contribution in [3.8, 4) is 5.75 Å². The number of rotatable bonds is 13. The van der Waals surface area contributed by atoms with Gasteiger partial charge < -0.3 is 37.0 Å². The second kappa shape index (κ2) is 13.0. The Kier molecular flexibility index (Phi) is 10.8. The van der Waals surface area contributed by atoms with Gasteiger partial charge in [0.05, 0.1) is 12.6 Å². The molecule has 0 aliphatic rings. The van der Waals surface area contributed by atoms with Gasteiger partial charge in [-0.15, -0.1) is 0 Å². The van der Waals surface area contributed by atoms with E-state index < -0.39 is 60.8 Å². The van der Waals surface area contributed by atoms with E-state index in [2.05, 4.69) is 16.0 Å². The summed E-state index contributed by atoms with van der Waals surface area (Å²) < 4.78 is 0. The van der Waals surface area contributed by atoms with Crippen LogP contribution in [0.5, 0.6) is 5.75 Å². The van der Waals surface area contributed by atoms with E-state index in [1.807, 2.05) is 0 Å². The van der Waals surface area contributed by atoms with Crippen molar-refractivity contribution < 1.29 is 39.3 Å². The molecule has 3 atom stereocenters. The molecule has 0 fully saturated rings. The predicted molar refractivity (Wildman–Crippen MR) is 116 cm³/mol. The van der Waals surface area contributed by atoms with Crippen molar-refractivity contribution in [3.63, 3.8) is 0 Å². The lowest BCUT2D eigenvalue weighted by Crippen LogP contribution is -2.54. The molecule has 0 aliphatic carbocycles. The number of carbonyl (C=O) groups excluding carboxylic acids is 3. The highest BCUT2D eigenvalue weighted by Crippen LogP contribution is 2.11. The lowest BCUT2D eigenvalue weighted by molar-refractivity contribution is -0.143. The molecule has 0 aliphatic heterocycles. The fraction of sp³-hybridized carbons (Fsp3) is 0.476. The molecule has 182 valence electrons. The van der Waals surface area contributed by atoms with Gasteiger partial charge in [-0.25, -0.2) is 4.79 Å². The van der Waals surface area contributed by atoms with Crippen LogP contribution in [0.15, 0.2) is 24.3 Å². The quantitative estimate of drug-likeness (QED) is 0.189. The Morgan fingerprint density at radius 3 is 2.09 bits per heavy atom. The van der Waals surface area contributed by atoms with Crippen molar-refractivity contribution in [3.05, 3.63) is 29.8 Å². The average molecular weight is 466 g/mol. The van der Waals surface area contributed by atoms with E-state index in [-0.39, 0.29) is 24.5 Å². The maximum Gasteiger partial charge on any atom is 0.326 e. The summed E-state index contributed by atoms with van der Waals surface area (Å²) in [7, 11) is 0. The number of carboxylic acid groups (broad SMARTS) is 2. The Bertz CT molecular complexity index is 856. The molecule has 3 unspecified atom stereocenters. The maximum absolute atomic E-state index is 12.5. The molecule has 0 bridgehead atoms. The molecular weight excluding hydrogens is 436 g/mol. The second-order valence-corrected chi connectivity index (χ2v) is 7.82. The first-order valence-electron chi connectivity index (χ1n) is 10.3. The largest absolute Gasteiger partial charge is 0.508 e. The summed E-state index contributed by atoms with van der Waals surface area (Å²) in [4.78, 5) is 59.0. The number of nitrogens with two attached hydrogens (primary N) is 1. The summed E-state index contributed by atoms with van der Waals surface area (Å²) in [5, 5.41) is 34.3. The summed E-state index contributed by atoms with van der Waals surface area (Å²) in [6.45, 7) is 2.65. The standard InChI is InChI=1S/C21H30N4O8/c1-11(2)18(21(32)33)25-16(27)10-23-20(31)15(7-8-17(28)29)24-19(30)14(22)9-12-3-5-13(26)6-4-12/h3-6,11,14-15,18,26H,7-10,22H2,1-2H3,(H,23,31)(H,24,30)(H,25,27)(H,28,29)(H,32,33). The minimum absolute atomic E-state index is 0.0503. The van der Waals surface area contributed by atoms with Gasteiger partial charge >= 0.3 is 11.9 Å². The molecule has 8 N–H and O–H groups in total. The topological polar surface area (TPSA) is 208 Å². The van der Waals surface area contributed by atoms with Crippen LogP contribution in [0.1, 0.15) is 32.3 Å². The van der Waals surface area contributed by atoms with E-state index in [1.54, 1.807) is 26.0 Å². The zero-order valence-electron chi connectivity index (χ0n) is 18.4. The van der Waals surface area contributed by atoms with Gasteiger partial charge in [-0.3, -0.25) is 19.2 Å². The number of nitrogens with one attached hydrogen (secondary N) is 3. The van der Waals surface area contributed by atoms with Gasteiger partial charge in [-0.1, -0.05) is 26.0 Å². The first-order valence-corrected chi connectivity index (χ1v) is 10.3. The minimum Gasteiger partial charge on any atom is -0.508 e. The number of phenolic OH excluding ortho intramolecular Hbond substituents is 1. The number of carbonyl (C=O) groups is 5. The summed E-state index contributed by atoms with van der Waals surface area (Å²) in [6, 6.07) is 2.56.